The summed E-state index contributed by atoms with van der Waals surface area (Å²) in [4.78, 5) is 11.5. The molecular formula is C20H25NO5S. The normalized spacial score (nSPS) is 11.4. The molecule has 0 fully saturated rings. The molecule has 0 aromatic heterocycles. The van der Waals surface area contributed by atoms with E-state index in [4.69, 9.17) is 4.74 Å². The van der Waals surface area contributed by atoms with Crippen LogP contribution in [0.1, 0.15) is 36.5 Å². The number of carbonyl (C=O) groups is 1. The van der Waals surface area contributed by atoms with Gasteiger partial charge in [-0.05, 0) is 41.7 Å². The Hall–Kier alpha value is -2.38. The summed E-state index contributed by atoms with van der Waals surface area (Å²) in [5.74, 6) is -0.000172. The van der Waals surface area contributed by atoms with Crippen LogP contribution in [0.4, 0.5) is 0 Å². The average molecular weight is 391 g/mol. The van der Waals surface area contributed by atoms with Gasteiger partial charge in [-0.25, -0.2) is 17.9 Å². The highest BCUT2D eigenvalue weighted by Gasteiger charge is 2.21. The molecule has 146 valence electrons. The zero-order valence-corrected chi connectivity index (χ0v) is 16.8. The Labute approximate surface area is 160 Å². The SMILES string of the molecule is COC(=O)COc1cc(C)c(S(=O)(=O)NCc2ccccc2)cc1C(C)C. The van der Waals surface area contributed by atoms with E-state index in [9.17, 15) is 13.2 Å². The fourth-order valence-electron chi connectivity index (χ4n) is 2.59. The number of ether oxygens (including phenoxy) is 2. The smallest absolute Gasteiger partial charge is 0.343 e. The molecule has 0 aliphatic heterocycles. The first-order valence-corrected chi connectivity index (χ1v) is 10.1. The van der Waals surface area contributed by atoms with E-state index in [1.807, 2.05) is 44.2 Å². The number of sulfonamides is 1. The first-order chi connectivity index (χ1) is 12.7. The number of benzene rings is 2. The van der Waals surface area contributed by atoms with E-state index in [0.717, 1.165) is 5.56 Å². The molecule has 0 bridgehead atoms. The van der Waals surface area contributed by atoms with E-state index in [1.54, 1.807) is 19.1 Å². The summed E-state index contributed by atoms with van der Waals surface area (Å²) in [7, 11) is -2.41. The van der Waals surface area contributed by atoms with Crippen LogP contribution in [0.2, 0.25) is 0 Å². The molecule has 0 spiro atoms. The Morgan fingerprint density at radius 2 is 1.81 bits per heavy atom. The van der Waals surface area contributed by atoms with Crippen molar-refractivity contribution in [2.75, 3.05) is 13.7 Å². The van der Waals surface area contributed by atoms with Crippen molar-refractivity contribution in [3.63, 3.8) is 0 Å². The number of aryl methyl sites for hydroxylation is 1. The average Bonchev–Trinajstić information content (AvgIpc) is 2.64. The number of rotatable bonds is 8. The van der Waals surface area contributed by atoms with Gasteiger partial charge in [0.2, 0.25) is 10.0 Å². The lowest BCUT2D eigenvalue weighted by Crippen LogP contribution is -2.24. The summed E-state index contributed by atoms with van der Waals surface area (Å²) in [6.45, 7) is 5.55. The molecule has 0 unspecified atom stereocenters. The molecule has 0 saturated carbocycles. The van der Waals surface area contributed by atoms with Gasteiger partial charge in [0, 0.05) is 6.54 Å². The third-order valence-electron chi connectivity index (χ3n) is 4.10. The number of esters is 1. The largest absolute Gasteiger partial charge is 0.482 e. The molecule has 0 aliphatic carbocycles. The number of carbonyl (C=O) groups excluding carboxylic acids is 1. The monoisotopic (exact) mass is 391 g/mol. The Morgan fingerprint density at radius 1 is 1.15 bits per heavy atom. The molecule has 6 nitrogen and oxygen atoms in total. The van der Waals surface area contributed by atoms with E-state index in [0.29, 0.717) is 16.9 Å². The molecule has 7 heteroatoms. The molecule has 2 rings (SSSR count). The van der Waals surface area contributed by atoms with Crippen molar-refractivity contribution < 1.29 is 22.7 Å². The van der Waals surface area contributed by atoms with Crippen molar-refractivity contribution in [3.05, 3.63) is 59.2 Å². The Balaban J connectivity index is 2.30. The van der Waals surface area contributed by atoms with Crippen molar-refractivity contribution in [2.24, 2.45) is 0 Å². The van der Waals surface area contributed by atoms with E-state index in [2.05, 4.69) is 9.46 Å². The lowest BCUT2D eigenvalue weighted by Gasteiger charge is -2.18. The van der Waals surface area contributed by atoms with Crippen molar-refractivity contribution in [1.82, 2.24) is 4.72 Å². The van der Waals surface area contributed by atoms with Crippen molar-refractivity contribution >= 4 is 16.0 Å². The summed E-state index contributed by atoms with van der Waals surface area (Å²) in [6, 6.07) is 12.6. The van der Waals surface area contributed by atoms with Gasteiger partial charge in [0.25, 0.3) is 0 Å². The highest BCUT2D eigenvalue weighted by atomic mass is 32.2. The summed E-state index contributed by atoms with van der Waals surface area (Å²) in [6.07, 6.45) is 0. The van der Waals surface area contributed by atoms with Gasteiger partial charge in [0.15, 0.2) is 6.61 Å². The van der Waals surface area contributed by atoms with E-state index in [-0.39, 0.29) is 24.0 Å². The first kappa shape index (κ1) is 20.9. The maximum Gasteiger partial charge on any atom is 0.343 e. The molecule has 0 radical (unpaired) electrons. The van der Waals surface area contributed by atoms with Crippen LogP contribution < -0.4 is 9.46 Å². The zero-order chi connectivity index (χ0) is 20.0. The molecule has 0 aliphatic rings. The number of hydrogen-bond donors (Lipinski definition) is 1. The lowest BCUT2D eigenvalue weighted by atomic mass is 10.0. The fraction of sp³-hybridized carbons (Fsp3) is 0.350. The summed E-state index contributed by atoms with van der Waals surface area (Å²) in [5.41, 5.74) is 2.13. The van der Waals surface area contributed by atoms with Crippen LogP contribution in [-0.2, 0) is 26.1 Å². The van der Waals surface area contributed by atoms with Gasteiger partial charge in [-0.3, -0.25) is 0 Å². The van der Waals surface area contributed by atoms with Gasteiger partial charge in [0.1, 0.15) is 5.75 Å². The third-order valence-corrected chi connectivity index (χ3v) is 5.64. The minimum absolute atomic E-state index is 0.0151. The molecule has 0 atom stereocenters. The van der Waals surface area contributed by atoms with Gasteiger partial charge in [0.05, 0.1) is 12.0 Å². The van der Waals surface area contributed by atoms with E-state index < -0.39 is 16.0 Å². The summed E-state index contributed by atoms with van der Waals surface area (Å²) in [5, 5.41) is 0. The number of hydrogen-bond acceptors (Lipinski definition) is 5. The number of methoxy groups -OCH3 is 1. The summed E-state index contributed by atoms with van der Waals surface area (Å²) < 4.78 is 38.4. The molecule has 27 heavy (non-hydrogen) atoms. The van der Waals surface area contributed by atoms with E-state index >= 15 is 0 Å². The van der Waals surface area contributed by atoms with Gasteiger partial charge in [-0.1, -0.05) is 44.2 Å². The standard InChI is InChI=1S/C20H25NO5S/c1-14(2)17-11-19(15(3)10-18(17)26-13-20(22)25-4)27(23,24)21-12-16-8-6-5-7-9-16/h5-11,14,21H,12-13H2,1-4H3. The molecule has 0 heterocycles. The quantitative estimate of drug-likeness (QED) is 0.699. The third kappa shape index (κ3) is 5.55. The predicted octanol–water partition coefficient (Wildman–Crippen LogP) is 3.15. The van der Waals surface area contributed by atoms with Crippen LogP contribution in [0, 0.1) is 6.92 Å². The summed E-state index contributed by atoms with van der Waals surface area (Å²) >= 11 is 0. The van der Waals surface area contributed by atoms with Gasteiger partial charge < -0.3 is 9.47 Å². The Kier molecular flexibility index (Phi) is 6.98. The lowest BCUT2D eigenvalue weighted by molar-refractivity contribution is -0.142. The maximum atomic E-state index is 12.8. The zero-order valence-electron chi connectivity index (χ0n) is 16.0. The van der Waals surface area contributed by atoms with Gasteiger partial charge >= 0.3 is 5.97 Å². The molecule has 2 aromatic rings. The minimum atomic E-state index is -3.70. The highest BCUT2D eigenvalue weighted by Crippen LogP contribution is 2.32. The van der Waals surface area contributed by atoms with Crippen LogP contribution in [0.25, 0.3) is 0 Å². The van der Waals surface area contributed by atoms with Gasteiger partial charge in [-0.2, -0.15) is 0 Å². The van der Waals surface area contributed by atoms with Crippen LogP contribution in [-0.4, -0.2) is 28.1 Å². The van der Waals surface area contributed by atoms with Crippen molar-refractivity contribution in [3.8, 4) is 5.75 Å². The topological polar surface area (TPSA) is 81.7 Å². The van der Waals surface area contributed by atoms with Crippen LogP contribution in [0.15, 0.2) is 47.4 Å². The van der Waals surface area contributed by atoms with Crippen LogP contribution in [0.5, 0.6) is 5.75 Å². The Morgan fingerprint density at radius 3 is 2.41 bits per heavy atom. The Bertz CT molecular complexity index is 892. The minimum Gasteiger partial charge on any atom is -0.482 e. The van der Waals surface area contributed by atoms with Crippen molar-refractivity contribution in [1.29, 1.82) is 0 Å². The van der Waals surface area contributed by atoms with Crippen LogP contribution >= 0.6 is 0 Å². The second-order valence-electron chi connectivity index (χ2n) is 6.49. The first-order valence-electron chi connectivity index (χ1n) is 8.62. The fourth-order valence-corrected chi connectivity index (χ4v) is 3.87. The maximum absolute atomic E-state index is 12.8. The molecule has 1 N–H and O–H groups in total. The highest BCUT2D eigenvalue weighted by molar-refractivity contribution is 7.89. The van der Waals surface area contributed by atoms with Gasteiger partial charge in [-0.15, -0.1) is 0 Å². The van der Waals surface area contributed by atoms with Crippen molar-refractivity contribution in [2.45, 2.75) is 38.1 Å². The molecule has 2 aromatic carbocycles. The predicted molar refractivity (Wildman–Crippen MR) is 103 cm³/mol. The second kappa shape index (κ2) is 9.01. The van der Waals surface area contributed by atoms with E-state index in [1.165, 1.54) is 7.11 Å². The van der Waals surface area contributed by atoms with Crippen LogP contribution in [0.3, 0.4) is 0 Å². The molecule has 0 saturated heterocycles. The molecular weight excluding hydrogens is 366 g/mol. The number of nitrogens with one attached hydrogen (secondary N) is 1. The second-order valence-corrected chi connectivity index (χ2v) is 8.22. The molecule has 0 amide bonds.